The quantitative estimate of drug-likeness (QED) is 0.855. The number of hydrogen-bond acceptors (Lipinski definition) is 4. The van der Waals surface area contributed by atoms with E-state index >= 15 is 0 Å². The van der Waals surface area contributed by atoms with Crippen molar-refractivity contribution in [3.05, 3.63) is 41.5 Å². The maximum atomic E-state index is 11.8. The Labute approximate surface area is 110 Å². The number of para-hydroxylation sites is 1. The van der Waals surface area contributed by atoms with Crippen LogP contribution in [0.1, 0.15) is 22.0 Å². The molecule has 1 aliphatic heterocycles. The molecule has 19 heavy (non-hydrogen) atoms. The molecule has 0 saturated carbocycles. The lowest BCUT2D eigenvalue weighted by Crippen LogP contribution is -2.35. The molecule has 2 N–H and O–H groups in total. The van der Waals surface area contributed by atoms with Gasteiger partial charge in [0.1, 0.15) is 17.7 Å². The average molecular weight is 258 g/mol. The number of rotatable bonds is 3. The smallest absolute Gasteiger partial charge is 0.291 e. The minimum Gasteiger partial charge on any atom is -0.488 e. The minimum atomic E-state index is -0.288. The number of nitrogens with one attached hydrogen (secondary N) is 2. The fourth-order valence-electron chi connectivity index (χ4n) is 2.10. The summed E-state index contributed by atoms with van der Waals surface area (Å²) in [6.45, 7) is 2.20. The summed E-state index contributed by atoms with van der Waals surface area (Å²) >= 11 is 0. The molecule has 2 aromatic rings. The Balaban J connectivity index is 1.56. The van der Waals surface area contributed by atoms with E-state index in [0.29, 0.717) is 12.4 Å². The number of benzene rings is 1. The number of fused-ring (bicyclic) bond motifs is 1. The van der Waals surface area contributed by atoms with E-state index < -0.39 is 0 Å². The van der Waals surface area contributed by atoms with Gasteiger partial charge in [-0.15, -0.1) is 5.10 Å². The third-order valence-corrected chi connectivity index (χ3v) is 3.00. The zero-order valence-electron chi connectivity index (χ0n) is 10.5. The number of carbonyl (C=O) groups excluding carboxylic acids is 1. The number of amides is 1. The minimum absolute atomic E-state index is 0.0265. The Hall–Kier alpha value is -2.37. The van der Waals surface area contributed by atoms with E-state index in [9.17, 15) is 4.79 Å². The Morgan fingerprint density at radius 3 is 3.11 bits per heavy atom. The summed E-state index contributed by atoms with van der Waals surface area (Å²) in [7, 11) is 0. The van der Waals surface area contributed by atoms with Gasteiger partial charge in [0.2, 0.25) is 5.82 Å². The summed E-state index contributed by atoms with van der Waals surface area (Å²) in [5.74, 6) is 1.39. The van der Waals surface area contributed by atoms with E-state index in [1.807, 2.05) is 24.3 Å². The second-order valence-electron chi connectivity index (χ2n) is 4.51. The van der Waals surface area contributed by atoms with Crippen molar-refractivity contribution in [1.29, 1.82) is 0 Å². The van der Waals surface area contributed by atoms with Gasteiger partial charge in [-0.2, -0.15) is 0 Å². The van der Waals surface area contributed by atoms with Crippen molar-refractivity contribution in [3.8, 4) is 5.75 Å². The van der Waals surface area contributed by atoms with E-state index in [-0.39, 0.29) is 17.8 Å². The fraction of sp³-hybridized carbons (Fsp3) is 0.308. The van der Waals surface area contributed by atoms with Gasteiger partial charge in [0, 0.05) is 6.42 Å². The Morgan fingerprint density at radius 1 is 1.53 bits per heavy atom. The van der Waals surface area contributed by atoms with Crippen LogP contribution in [0.3, 0.4) is 0 Å². The van der Waals surface area contributed by atoms with Crippen LogP contribution in [0.4, 0.5) is 0 Å². The summed E-state index contributed by atoms with van der Waals surface area (Å²) in [4.78, 5) is 15.8. The van der Waals surface area contributed by atoms with Crippen LogP contribution in [0.2, 0.25) is 0 Å². The van der Waals surface area contributed by atoms with Crippen molar-refractivity contribution in [2.24, 2.45) is 0 Å². The van der Waals surface area contributed by atoms with E-state index in [4.69, 9.17) is 4.74 Å². The Bertz CT molecular complexity index is 583. The second-order valence-corrected chi connectivity index (χ2v) is 4.51. The predicted octanol–water partition coefficient (Wildman–Crippen LogP) is 0.847. The molecule has 0 fully saturated rings. The van der Waals surface area contributed by atoms with Crippen LogP contribution in [0.25, 0.3) is 0 Å². The normalized spacial score (nSPS) is 16.8. The lowest BCUT2D eigenvalue weighted by atomic mass is 10.1. The molecule has 3 rings (SSSR count). The first-order chi connectivity index (χ1) is 9.22. The predicted molar refractivity (Wildman–Crippen MR) is 68.0 cm³/mol. The lowest BCUT2D eigenvalue weighted by Gasteiger charge is -2.10. The van der Waals surface area contributed by atoms with Crippen LogP contribution in [0.15, 0.2) is 24.3 Å². The van der Waals surface area contributed by atoms with Crippen molar-refractivity contribution >= 4 is 5.91 Å². The molecule has 0 bridgehead atoms. The van der Waals surface area contributed by atoms with Crippen molar-refractivity contribution in [3.63, 3.8) is 0 Å². The zero-order valence-corrected chi connectivity index (χ0v) is 10.5. The first-order valence-electron chi connectivity index (χ1n) is 6.14. The van der Waals surface area contributed by atoms with E-state index in [1.54, 1.807) is 6.92 Å². The molecule has 1 aromatic heterocycles. The van der Waals surface area contributed by atoms with Gasteiger partial charge >= 0.3 is 0 Å². The first-order valence-corrected chi connectivity index (χ1v) is 6.14. The van der Waals surface area contributed by atoms with Crippen LogP contribution >= 0.6 is 0 Å². The highest BCUT2D eigenvalue weighted by Gasteiger charge is 2.23. The molecule has 1 amide bonds. The number of H-pyrrole nitrogens is 1. The van der Waals surface area contributed by atoms with Crippen molar-refractivity contribution in [1.82, 2.24) is 20.5 Å². The maximum Gasteiger partial charge on any atom is 0.291 e. The van der Waals surface area contributed by atoms with Gasteiger partial charge < -0.3 is 10.1 Å². The van der Waals surface area contributed by atoms with Crippen LogP contribution < -0.4 is 10.1 Å². The summed E-state index contributed by atoms with van der Waals surface area (Å²) in [6, 6.07) is 7.90. The summed E-state index contributed by atoms with van der Waals surface area (Å²) in [5, 5.41) is 9.23. The molecule has 0 radical (unpaired) electrons. The van der Waals surface area contributed by atoms with Gasteiger partial charge in [-0.25, -0.2) is 4.98 Å². The third kappa shape index (κ3) is 2.42. The summed E-state index contributed by atoms with van der Waals surface area (Å²) in [6.07, 6.45) is 0.783. The number of nitrogens with zero attached hydrogens (tertiary/aromatic N) is 2. The number of aryl methyl sites for hydroxylation is 1. The molecular weight excluding hydrogens is 244 g/mol. The third-order valence-electron chi connectivity index (χ3n) is 3.00. The first kappa shape index (κ1) is 11.7. The molecule has 1 unspecified atom stereocenters. The molecule has 0 saturated heterocycles. The molecule has 2 heterocycles. The maximum absolute atomic E-state index is 11.8. The van der Waals surface area contributed by atoms with Gasteiger partial charge in [-0.3, -0.25) is 9.89 Å². The van der Waals surface area contributed by atoms with Crippen LogP contribution in [0.5, 0.6) is 5.75 Å². The van der Waals surface area contributed by atoms with Crippen LogP contribution in [0, 0.1) is 6.92 Å². The number of hydrogen-bond donors (Lipinski definition) is 2. The molecular formula is C13H14N4O2. The number of aromatic amines is 1. The van der Waals surface area contributed by atoms with Gasteiger partial charge in [0.25, 0.3) is 5.91 Å². The topological polar surface area (TPSA) is 79.9 Å². The summed E-state index contributed by atoms with van der Waals surface area (Å²) in [5.41, 5.74) is 1.18. The van der Waals surface area contributed by atoms with Crippen LogP contribution in [-0.4, -0.2) is 33.7 Å². The average Bonchev–Trinajstić information content (AvgIpc) is 3.01. The molecule has 6 nitrogen and oxygen atoms in total. The van der Waals surface area contributed by atoms with Crippen LogP contribution in [-0.2, 0) is 6.42 Å². The fourth-order valence-corrected chi connectivity index (χ4v) is 2.10. The molecule has 1 aliphatic rings. The highest BCUT2D eigenvalue weighted by Crippen LogP contribution is 2.27. The van der Waals surface area contributed by atoms with Crippen molar-refractivity contribution in [2.75, 3.05) is 6.54 Å². The standard InChI is InChI=1S/C13H14N4O2/c1-8-15-12(17-16-8)13(18)14-7-10-6-9-4-2-3-5-11(9)19-10/h2-5,10H,6-7H2,1H3,(H,14,18)(H,15,16,17). The molecule has 6 heteroatoms. The number of aromatic nitrogens is 3. The molecule has 0 spiro atoms. The summed E-state index contributed by atoms with van der Waals surface area (Å²) < 4.78 is 5.74. The molecule has 98 valence electrons. The number of ether oxygens (including phenoxy) is 1. The van der Waals surface area contributed by atoms with Crippen molar-refractivity contribution < 1.29 is 9.53 Å². The largest absolute Gasteiger partial charge is 0.488 e. The highest BCUT2D eigenvalue weighted by atomic mass is 16.5. The molecule has 0 aliphatic carbocycles. The lowest BCUT2D eigenvalue weighted by molar-refractivity contribution is 0.0923. The van der Waals surface area contributed by atoms with E-state index in [1.165, 1.54) is 5.56 Å². The van der Waals surface area contributed by atoms with Gasteiger partial charge in [0.05, 0.1) is 6.54 Å². The van der Waals surface area contributed by atoms with Gasteiger partial charge in [-0.1, -0.05) is 18.2 Å². The van der Waals surface area contributed by atoms with Gasteiger partial charge in [0.15, 0.2) is 0 Å². The highest BCUT2D eigenvalue weighted by molar-refractivity contribution is 5.90. The van der Waals surface area contributed by atoms with E-state index in [0.717, 1.165) is 12.2 Å². The van der Waals surface area contributed by atoms with E-state index in [2.05, 4.69) is 20.5 Å². The monoisotopic (exact) mass is 258 g/mol. The molecule has 1 aromatic carbocycles. The zero-order chi connectivity index (χ0) is 13.2. The second kappa shape index (κ2) is 4.72. The Morgan fingerprint density at radius 2 is 2.37 bits per heavy atom. The van der Waals surface area contributed by atoms with Crippen molar-refractivity contribution in [2.45, 2.75) is 19.4 Å². The van der Waals surface area contributed by atoms with Gasteiger partial charge in [-0.05, 0) is 18.6 Å². The molecule has 1 atom stereocenters. The Kier molecular flexibility index (Phi) is 2.91. The number of carbonyl (C=O) groups is 1. The SMILES string of the molecule is Cc1nc(C(=O)NCC2Cc3ccccc3O2)n[nH]1.